The van der Waals surface area contributed by atoms with Gasteiger partial charge in [-0.05, 0) is 50.7 Å². The molecule has 0 unspecified atom stereocenters. The molecule has 174 valence electrons. The Balaban J connectivity index is 1.48. The molecule has 0 aliphatic carbocycles. The van der Waals surface area contributed by atoms with Gasteiger partial charge in [-0.15, -0.1) is 0 Å². The van der Waals surface area contributed by atoms with Crippen LogP contribution in [0.15, 0.2) is 24.4 Å². The Morgan fingerprint density at radius 2 is 2.00 bits per heavy atom. The first-order valence-corrected chi connectivity index (χ1v) is 11.4. The average molecular weight is 456 g/mol. The van der Waals surface area contributed by atoms with Gasteiger partial charge < -0.3 is 14.9 Å². The molecule has 0 saturated carbocycles. The third-order valence-corrected chi connectivity index (χ3v) is 6.75. The van der Waals surface area contributed by atoms with Gasteiger partial charge in [0.2, 0.25) is 5.82 Å². The first-order valence-electron chi connectivity index (χ1n) is 11.4. The third-order valence-electron chi connectivity index (χ3n) is 6.75. The molecule has 1 amide bonds. The quantitative estimate of drug-likeness (QED) is 0.640. The number of fused-ring (bicyclic) bond motifs is 1. The number of hydrogen-bond donors (Lipinski definition) is 1. The molecule has 0 bridgehead atoms. The van der Waals surface area contributed by atoms with Crippen LogP contribution in [0.3, 0.4) is 0 Å². The van der Waals surface area contributed by atoms with Gasteiger partial charge in [0.05, 0.1) is 17.3 Å². The maximum Gasteiger partial charge on any atom is 0.258 e. The fourth-order valence-electron chi connectivity index (χ4n) is 4.98. The van der Waals surface area contributed by atoms with E-state index in [2.05, 4.69) is 11.8 Å². The number of aromatic hydroxyl groups is 1. The molecule has 5 rings (SSSR count). The first-order chi connectivity index (χ1) is 15.8. The lowest BCUT2D eigenvalue weighted by atomic mass is 9.98. The molecule has 1 aromatic carbocycles. The zero-order valence-electron chi connectivity index (χ0n) is 18.8. The maximum atomic E-state index is 13.9. The summed E-state index contributed by atoms with van der Waals surface area (Å²) in [5.41, 5.74) is 2.20. The van der Waals surface area contributed by atoms with Crippen LogP contribution in [-0.2, 0) is 0 Å². The fourth-order valence-corrected chi connectivity index (χ4v) is 4.98. The second-order valence-electron chi connectivity index (χ2n) is 9.23. The number of rotatable bonds is 3. The molecule has 2 atom stereocenters. The molecule has 2 aliphatic heterocycles. The summed E-state index contributed by atoms with van der Waals surface area (Å²) < 4.78 is 29.1. The lowest BCUT2D eigenvalue weighted by molar-refractivity contribution is 0.0601. The van der Waals surface area contributed by atoms with E-state index in [4.69, 9.17) is 10.1 Å². The Kier molecular flexibility index (Phi) is 5.42. The van der Waals surface area contributed by atoms with E-state index < -0.39 is 23.3 Å². The monoisotopic (exact) mass is 455 g/mol. The number of likely N-dealkylation sites (tertiary alicyclic amines) is 1. The molecule has 2 fully saturated rings. The van der Waals surface area contributed by atoms with Crippen LogP contribution >= 0.6 is 0 Å². The van der Waals surface area contributed by atoms with Crippen LogP contribution in [0, 0.1) is 24.5 Å². The van der Waals surface area contributed by atoms with E-state index in [1.807, 2.05) is 19.2 Å². The number of nitrogens with zero attached hydrogens (tertiary/aromatic N) is 5. The van der Waals surface area contributed by atoms with Crippen molar-refractivity contribution in [1.82, 2.24) is 19.5 Å². The van der Waals surface area contributed by atoms with Gasteiger partial charge in [-0.2, -0.15) is 9.49 Å². The lowest BCUT2D eigenvalue weighted by Gasteiger charge is -2.35. The summed E-state index contributed by atoms with van der Waals surface area (Å²) in [6.07, 6.45) is 5.49. The minimum atomic E-state index is -1.41. The molecule has 1 N–H and O–H groups in total. The topological polar surface area (TPSA) is 74.0 Å². The summed E-state index contributed by atoms with van der Waals surface area (Å²) >= 11 is 0. The summed E-state index contributed by atoms with van der Waals surface area (Å²) in [6.45, 7) is 6.67. The van der Waals surface area contributed by atoms with E-state index in [0.29, 0.717) is 30.2 Å². The minimum absolute atomic E-state index is 0.246. The number of carbonyl (C=O) groups is 1. The summed E-state index contributed by atoms with van der Waals surface area (Å²) in [7, 11) is 0. The molecule has 0 spiro atoms. The highest BCUT2D eigenvalue weighted by Gasteiger charge is 2.33. The fraction of sp³-hybridized carbons (Fsp3) is 0.458. The molecule has 4 heterocycles. The summed E-state index contributed by atoms with van der Waals surface area (Å²) in [4.78, 5) is 22.0. The van der Waals surface area contributed by atoms with Crippen LogP contribution in [0.5, 0.6) is 5.75 Å². The zero-order chi connectivity index (χ0) is 23.3. The average Bonchev–Trinajstić information content (AvgIpc) is 3.42. The van der Waals surface area contributed by atoms with E-state index in [9.17, 15) is 18.7 Å². The van der Waals surface area contributed by atoms with E-state index in [1.165, 1.54) is 0 Å². The number of halogens is 2. The van der Waals surface area contributed by atoms with Gasteiger partial charge in [-0.1, -0.05) is 6.92 Å². The van der Waals surface area contributed by atoms with Crippen molar-refractivity contribution in [3.63, 3.8) is 0 Å². The van der Waals surface area contributed by atoms with E-state index in [-0.39, 0.29) is 11.6 Å². The smallest absolute Gasteiger partial charge is 0.258 e. The Bertz CT molecular complexity index is 1230. The van der Waals surface area contributed by atoms with Crippen LogP contribution < -0.4 is 4.90 Å². The Labute approximate surface area is 190 Å². The summed E-state index contributed by atoms with van der Waals surface area (Å²) in [5.74, 6) is -2.50. The lowest BCUT2D eigenvalue weighted by Crippen LogP contribution is -2.38. The van der Waals surface area contributed by atoms with Gasteiger partial charge in [0.25, 0.3) is 5.91 Å². The predicted molar refractivity (Wildman–Crippen MR) is 119 cm³/mol. The van der Waals surface area contributed by atoms with Gasteiger partial charge >= 0.3 is 0 Å². The molecule has 0 radical (unpaired) electrons. The van der Waals surface area contributed by atoms with E-state index in [0.717, 1.165) is 55.9 Å². The number of aromatic nitrogens is 3. The molecule has 2 aliphatic rings. The van der Waals surface area contributed by atoms with E-state index >= 15 is 0 Å². The van der Waals surface area contributed by atoms with Crippen molar-refractivity contribution in [2.45, 2.75) is 45.6 Å². The summed E-state index contributed by atoms with van der Waals surface area (Å²) in [5, 5.41) is 14.7. The second-order valence-corrected chi connectivity index (χ2v) is 9.23. The number of benzene rings is 1. The molecular weight excluding hydrogens is 428 g/mol. The van der Waals surface area contributed by atoms with Gasteiger partial charge in [-0.25, -0.2) is 13.9 Å². The molecular formula is C24H27F2N5O2. The van der Waals surface area contributed by atoms with Gasteiger partial charge in [-0.3, -0.25) is 4.79 Å². The van der Waals surface area contributed by atoms with Crippen LogP contribution in [0.1, 0.15) is 60.3 Å². The number of carbonyl (C=O) groups excluding carboxylic acids is 1. The molecule has 2 saturated heterocycles. The number of phenolic OH excluding ortho intramolecular Hbond substituents is 1. The standard InChI is InChI=1S/C24H27F2N5O2/c1-14-8-10-29(12-14)23-15(2)13-31-20(27-23)11-18(28-31)19-5-3-4-9-30(19)24(33)16-6-7-17(25)21(26)22(16)32/h6-7,11,13-14,19,32H,3-5,8-10,12H2,1-2H3/t14-,19-/m0/s1. The number of amides is 1. The molecule has 9 heteroatoms. The minimum Gasteiger partial charge on any atom is -0.504 e. The molecule has 7 nitrogen and oxygen atoms in total. The number of piperidine rings is 1. The van der Waals surface area contributed by atoms with Crippen molar-refractivity contribution in [2.75, 3.05) is 24.5 Å². The molecule has 3 aromatic rings. The number of anilines is 1. The van der Waals surface area contributed by atoms with Crippen molar-refractivity contribution in [3.8, 4) is 5.75 Å². The van der Waals surface area contributed by atoms with Crippen molar-refractivity contribution in [2.24, 2.45) is 5.92 Å². The summed E-state index contributed by atoms with van der Waals surface area (Å²) in [6, 6.07) is 3.54. The van der Waals surface area contributed by atoms with E-state index in [1.54, 1.807) is 9.42 Å². The number of phenols is 1. The SMILES string of the molecule is Cc1cn2nc([C@@H]3CCCCN3C(=O)c3ccc(F)c(F)c3O)cc2nc1N1CC[C@H](C)C1. The molecule has 33 heavy (non-hydrogen) atoms. The van der Waals surface area contributed by atoms with Crippen LogP contribution in [0.4, 0.5) is 14.6 Å². The Morgan fingerprint density at radius 3 is 2.76 bits per heavy atom. The predicted octanol–water partition coefficient (Wildman–Crippen LogP) is 4.24. The van der Waals surface area contributed by atoms with Crippen molar-refractivity contribution >= 4 is 17.4 Å². The third kappa shape index (κ3) is 3.79. The van der Waals surface area contributed by atoms with Gasteiger partial charge in [0, 0.05) is 37.5 Å². The van der Waals surface area contributed by atoms with Crippen LogP contribution in [0.25, 0.3) is 5.65 Å². The zero-order valence-corrected chi connectivity index (χ0v) is 18.8. The van der Waals surface area contributed by atoms with Crippen molar-refractivity contribution in [1.29, 1.82) is 0 Å². The largest absolute Gasteiger partial charge is 0.504 e. The Morgan fingerprint density at radius 1 is 1.18 bits per heavy atom. The van der Waals surface area contributed by atoms with Crippen molar-refractivity contribution in [3.05, 3.63) is 52.9 Å². The highest BCUT2D eigenvalue weighted by molar-refractivity contribution is 5.97. The van der Waals surface area contributed by atoms with Crippen molar-refractivity contribution < 1.29 is 18.7 Å². The van der Waals surface area contributed by atoms with Gasteiger partial charge in [0.15, 0.2) is 17.2 Å². The Hall–Kier alpha value is -3.23. The second kappa shape index (κ2) is 8.28. The van der Waals surface area contributed by atoms with Gasteiger partial charge in [0.1, 0.15) is 5.82 Å². The highest BCUT2D eigenvalue weighted by Crippen LogP contribution is 2.35. The first kappa shape index (κ1) is 21.6. The molecule has 2 aromatic heterocycles. The van der Waals surface area contributed by atoms with Crippen LogP contribution in [-0.4, -0.2) is 50.1 Å². The number of hydrogen-bond acceptors (Lipinski definition) is 5. The highest BCUT2D eigenvalue weighted by atomic mass is 19.2. The number of aryl methyl sites for hydroxylation is 1. The van der Waals surface area contributed by atoms with Crippen LogP contribution in [0.2, 0.25) is 0 Å². The normalized spacial score (nSPS) is 21.2. The maximum absolute atomic E-state index is 13.9.